The van der Waals surface area contributed by atoms with Crippen LogP contribution in [-0.2, 0) is 18.6 Å². The average Bonchev–Trinajstić information content (AvgIpc) is 3.93. The molecule has 0 unspecified atom stereocenters. The second-order valence-electron chi connectivity index (χ2n) is 14.5. The Hall–Kier alpha value is -7.25. The van der Waals surface area contributed by atoms with Crippen molar-refractivity contribution in [2.45, 2.75) is 0 Å². The number of fused-ring (bicyclic) bond motifs is 9. The fourth-order valence-corrected chi connectivity index (χ4v) is 8.72. The van der Waals surface area contributed by atoms with Gasteiger partial charge in [0, 0.05) is 75.6 Å². The second kappa shape index (κ2) is 13.5. The SMILES string of the molecule is [V].c1ccc(-n2c3ccc(-c4ccc5oc6ccc(-n7c8ccc(-c9ccccc9-c9ccccn9)cc8c8ncccc87)cc6c5c4)cc3c3ncccc32)cc1. The van der Waals surface area contributed by atoms with E-state index in [-0.39, 0.29) is 18.6 Å². The summed E-state index contributed by atoms with van der Waals surface area (Å²) >= 11 is 0. The second-order valence-corrected chi connectivity index (χ2v) is 14.5. The van der Waals surface area contributed by atoms with Crippen molar-refractivity contribution >= 4 is 65.8 Å². The maximum atomic E-state index is 6.44. The Labute approximate surface area is 344 Å². The molecule has 0 atom stereocenters. The Morgan fingerprint density at radius 2 is 0.914 bits per heavy atom. The van der Waals surface area contributed by atoms with Gasteiger partial charge >= 0.3 is 0 Å². The van der Waals surface area contributed by atoms with Crippen LogP contribution in [-0.4, -0.2) is 24.1 Å². The molecule has 12 aromatic rings. The summed E-state index contributed by atoms with van der Waals surface area (Å²) in [5.74, 6) is 0. The van der Waals surface area contributed by atoms with Crippen LogP contribution in [0.1, 0.15) is 0 Å². The van der Waals surface area contributed by atoms with Crippen molar-refractivity contribution in [2.24, 2.45) is 0 Å². The van der Waals surface area contributed by atoms with Crippen molar-refractivity contribution in [1.82, 2.24) is 24.1 Å². The molecule has 6 heterocycles. The van der Waals surface area contributed by atoms with Crippen LogP contribution >= 0.6 is 0 Å². The van der Waals surface area contributed by atoms with Crippen molar-refractivity contribution in [1.29, 1.82) is 0 Å². The Morgan fingerprint density at radius 3 is 1.62 bits per heavy atom. The number of hydrogen-bond acceptors (Lipinski definition) is 4. The molecule has 6 aromatic heterocycles. The zero-order chi connectivity index (χ0) is 37.5. The van der Waals surface area contributed by atoms with Crippen molar-refractivity contribution in [3.63, 3.8) is 0 Å². The van der Waals surface area contributed by atoms with Crippen LogP contribution in [0, 0.1) is 0 Å². The van der Waals surface area contributed by atoms with E-state index in [4.69, 9.17) is 14.4 Å². The van der Waals surface area contributed by atoms with Gasteiger partial charge in [-0.3, -0.25) is 15.0 Å². The van der Waals surface area contributed by atoms with Crippen molar-refractivity contribution in [3.8, 4) is 44.9 Å². The Kier molecular flexibility index (Phi) is 7.90. The van der Waals surface area contributed by atoms with Crippen molar-refractivity contribution in [2.75, 3.05) is 0 Å². The molecular formula is C51H31N5OV. The minimum atomic E-state index is 0. The predicted molar refractivity (Wildman–Crippen MR) is 232 cm³/mol. The van der Waals surface area contributed by atoms with E-state index >= 15 is 0 Å². The van der Waals surface area contributed by atoms with Crippen LogP contribution in [0.3, 0.4) is 0 Å². The van der Waals surface area contributed by atoms with Gasteiger partial charge in [-0.2, -0.15) is 0 Å². The predicted octanol–water partition coefficient (Wildman–Crippen LogP) is 13.0. The smallest absolute Gasteiger partial charge is 0.135 e. The third-order valence-corrected chi connectivity index (χ3v) is 11.3. The number of furan rings is 1. The van der Waals surface area contributed by atoms with Gasteiger partial charge in [0.05, 0.1) is 38.8 Å². The third kappa shape index (κ3) is 5.23. The maximum Gasteiger partial charge on any atom is 0.135 e. The first-order chi connectivity index (χ1) is 28.3. The minimum absolute atomic E-state index is 0. The standard InChI is InChI=1S/C51H31N5O.V/c1-2-10-35(11-3-1)55-44-21-17-32(29-41(44)50-46(55)15-8-26-53-50)33-19-23-48-39(28-33)40-31-36(20-24-49(40)57-48)56-45-22-18-34(30-42(45)51-47(56)16-9-27-54-51)37-12-4-5-13-38(37)43-14-6-7-25-52-43;/h1-31H;. The van der Waals surface area contributed by atoms with E-state index in [0.29, 0.717) is 0 Å². The molecule has 0 fully saturated rings. The molecule has 0 bridgehead atoms. The van der Waals surface area contributed by atoms with Gasteiger partial charge in [-0.1, -0.05) is 66.7 Å². The largest absolute Gasteiger partial charge is 0.456 e. The molecule has 6 nitrogen and oxygen atoms in total. The molecule has 0 amide bonds. The van der Waals surface area contributed by atoms with Gasteiger partial charge < -0.3 is 13.6 Å². The fourth-order valence-electron chi connectivity index (χ4n) is 8.72. The first-order valence-corrected chi connectivity index (χ1v) is 19.1. The minimum Gasteiger partial charge on any atom is -0.456 e. The molecule has 0 saturated carbocycles. The first kappa shape index (κ1) is 34.0. The summed E-state index contributed by atoms with van der Waals surface area (Å²) in [6.45, 7) is 0. The normalized spacial score (nSPS) is 11.7. The average molecular weight is 781 g/mol. The molecule has 0 aliphatic carbocycles. The fraction of sp³-hybridized carbons (Fsp3) is 0. The number of hydrogen-bond donors (Lipinski definition) is 0. The zero-order valence-corrected chi connectivity index (χ0v) is 32.4. The summed E-state index contributed by atoms with van der Waals surface area (Å²) in [4.78, 5) is 14.4. The van der Waals surface area contributed by atoms with E-state index in [1.807, 2.05) is 48.9 Å². The van der Waals surface area contributed by atoms with E-state index < -0.39 is 0 Å². The molecule has 0 N–H and O–H groups in total. The summed E-state index contributed by atoms with van der Waals surface area (Å²) in [5, 5.41) is 4.35. The summed E-state index contributed by atoms with van der Waals surface area (Å²) in [6, 6.07) is 59.7. The van der Waals surface area contributed by atoms with Crippen LogP contribution < -0.4 is 0 Å². The molecule has 1 radical (unpaired) electrons. The van der Waals surface area contributed by atoms with Gasteiger partial charge in [-0.15, -0.1) is 0 Å². The third-order valence-electron chi connectivity index (χ3n) is 11.3. The number of rotatable bonds is 5. The van der Waals surface area contributed by atoms with Crippen molar-refractivity contribution < 1.29 is 23.0 Å². The van der Waals surface area contributed by atoms with Crippen molar-refractivity contribution in [3.05, 3.63) is 188 Å². The van der Waals surface area contributed by atoms with Gasteiger partial charge in [-0.05, 0) is 125 Å². The monoisotopic (exact) mass is 780 g/mol. The molecule has 0 aliphatic rings. The number of para-hydroxylation sites is 1. The molecule has 0 aliphatic heterocycles. The number of pyridine rings is 3. The van der Waals surface area contributed by atoms with E-state index in [9.17, 15) is 0 Å². The maximum absolute atomic E-state index is 6.44. The van der Waals surface area contributed by atoms with Crippen LogP contribution in [0.5, 0.6) is 0 Å². The zero-order valence-electron chi connectivity index (χ0n) is 31.0. The van der Waals surface area contributed by atoms with Gasteiger partial charge in [0.1, 0.15) is 11.2 Å². The van der Waals surface area contributed by atoms with E-state index in [1.54, 1.807) is 0 Å². The van der Waals surface area contributed by atoms with Gasteiger partial charge in [0.2, 0.25) is 0 Å². The topological polar surface area (TPSA) is 61.7 Å². The van der Waals surface area contributed by atoms with E-state index in [1.165, 1.54) is 0 Å². The summed E-state index contributed by atoms with van der Waals surface area (Å²) in [6.07, 6.45) is 5.60. The molecule has 271 valence electrons. The van der Waals surface area contributed by atoms with Crippen LogP contribution in [0.4, 0.5) is 0 Å². The van der Waals surface area contributed by atoms with Crippen LogP contribution in [0.15, 0.2) is 193 Å². The molecule has 7 heteroatoms. The van der Waals surface area contributed by atoms with Gasteiger partial charge in [-0.25, -0.2) is 0 Å². The molecule has 58 heavy (non-hydrogen) atoms. The van der Waals surface area contributed by atoms with Crippen LogP contribution in [0.2, 0.25) is 0 Å². The van der Waals surface area contributed by atoms with E-state index in [2.05, 4.69) is 154 Å². The van der Waals surface area contributed by atoms with Gasteiger partial charge in [0.15, 0.2) is 0 Å². The number of aromatic nitrogens is 5. The Balaban J connectivity index is 0.00000385. The molecular weight excluding hydrogens is 750 g/mol. The summed E-state index contributed by atoms with van der Waals surface area (Å²) in [7, 11) is 0. The Morgan fingerprint density at radius 1 is 0.362 bits per heavy atom. The Bertz CT molecular complexity index is 3530. The quantitative estimate of drug-likeness (QED) is 0.174. The molecule has 12 rings (SSSR count). The van der Waals surface area contributed by atoms with Gasteiger partial charge in [0.25, 0.3) is 0 Å². The number of nitrogens with zero attached hydrogens (tertiary/aromatic N) is 5. The number of benzene rings is 6. The van der Waals surface area contributed by atoms with E-state index in [0.717, 1.165) is 111 Å². The first-order valence-electron chi connectivity index (χ1n) is 19.1. The summed E-state index contributed by atoms with van der Waals surface area (Å²) in [5.41, 5.74) is 16.7. The molecule has 0 spiro atoms. The molecule has 0 saturated heterocycles. The van der Waals surface area contributed by atoms with Crippen LogP contribution in [0.25, 0.3) is 111 Å². The summed E-state index contributed by atoms with van der Waals surface area (Å²) < 4.78 is 11.1. The molecule has 6 aromatic carbocycles.